The molecule has 6 heterocycles. The Hall–Kier alpha value is -3.79. The van der Waals surface area contributed by atoms with Gasteiger partial charge in [0.05, 0.1) is 17.6 Å². The maximum absolute atomic E-state index is 14.1. The fourth-order valence-corrected chi connectivity index (χ4v) is 5.39. The molecular weight excluding hydrogens is 505 g/mol. The highest BCUT2D eigenvalue weighted by Gasteiger charge is 2.49. The number of nitrogens with zero attached hydrogens (tertiary/aromatic N) is 7. The van der Waals surface area contributed by atoms with E-state index in [1.54, 1.807) is 16.5 Å². The lowest BCUT2D eigenvalue weighted by atomic mass is 9.88. The Labute approximate surface area is 203 Å². The number of piperidine rings is 1. The van der Waals surface area contributed by atoms with Gasteiger partial charge in [-0.05, 0) is 22.9 Å². The molecule has 3 unspecified atom stereocenters. The van der Waals surface area contributed by atoms with E-state index in [2.05, 4.69) is 30.6 Å². The van der Waals surface area contributed by atoms with Crippen molar-refractivity contribution in [2.24, 2.45) is 0 Å². The molecule has 2 bridgehead atoms. The summed E-state index contributed by atoms with van der Waals surface area (Å²) in [4.78, 5) is 23.3. The van der Waals surface area contributed by atoms with Crippen LogP contribution < -0.4 is 4.90 Å². The molecule has 36 heavy (non-hydrogen) atoms. The van der Waals surface area contributed by atoms with Crippen LogP contribution in [0.25, 0.3) is 21.7 Å². The van der Waals surface area contributed by atoms with Gasteiger partial charge in [-0.2, -0.15) is 18.2 Å². The van der Waals surface area contributed by atoms with Gasteiger partial charge in [0.25, 0.3) is 6.01 Å². The van der Waals surface area contributed by atoms with Crippen LogP contribution >= 0.6 is 11.3 Å². The van der Waals surface area contributed by atoms with Crippen molar-refractivity contribution >= 4 is 34.5 Å². The van der Waals surface area contributed by atoms with Crippen LogP contribution in [-0.2, 0) is 11.3 Å². The third-order valence-corrected chi connectivity index (χ3v) is 7.07. The largest absolute Gasteiger partial charge is 0.465 e. The van der Waals surface area contributed by atoms with Crippen molar-refractivity contribution in [3.8, 4) is 10.6 Å². The summed E-state index contributed by atoms with van der Waals surface area (Å²) in [6, 6.07) is 2.48. The van der Waals surface area contributed by atoms with E-state index in [0.29, 0.717) is 23.7 Å². The molecule has 1 amide bonds. The predicted molar refractivity (Wildman–Crippen MR) is 117 cm³/mol. The number of fused-ring (bicyclic) bond motifs is 3. The SMILES string of the molecule is O=C(O)N1C2CC1CN(c1nc3c(C(OCc4nnn[nH]4)C(F)(F)F)ccc(-c4nccs4)c3o1)C2. The molecular formula is C20H17F3N8O4S. The number of thiazole rings is 1. The highest BCUT2D eigenvalue weighted by atomic mass is 32.1. The van der Waals surface area contributed by atoms with E-state index in [0.717, 1.165) is 6.42 Å². The molecule has 12 nitrogen and oxygen atoms in total. The molecule has 3 fully saturated rings. The number of rotatable bonds is 6. The first-order valence-electron chi connectivity index (χ1n) is 10.8. The number of aromatic nitrogens is 6. The second-order valence-corrected chi connectivity index (χ2v) is 9.33. The molecule has 3 aliphatic rings. The molecule has 0 saturated carbocycles. The van der Waals surface area contributed by atoms with Crippen LogP contribution in [0.2, 0.25) is 0 Å². The lowest BCUT2D eigenvalue weighted by molar-refractivity contribution is -0.227. The number of amides is 1. The van der Waals surface area contributed by atoms with Gasteiger partial charge in [-0.1, -0.05) is 6.07 Å². The molecule has 3 atom stereocenters. The minimum absolute atomic E-state index is 0.00921. The normalized spacial score (nSPS) is 20.5. The maximum Gasteiger partial charge on any atom is 0.418 e. The van der Waals surface area contributed by atoms with Crippen molar-refractivity contribution in [1.29, 1.82) is 0 Å². The number of halogens is 3. The Morgan fingerprint density at radius 3 is 2.78 bits per heavy atom. The molecule has 2 N–H and O–H groups in total. The zero-order valence-corrected chi connectivity index (χ0v) is 19.0. The van der Waals surface area contributed by atoms with Crippen molar-refractivity contribution in [3.63, 3.8) is 0 Å². The summed E-state index contributed by atoms with van der Waals surface area (Å²) < 4.78 is 53.7. The predicted octanol–water partition coefficient (Wildman–Crippen LogP) is 3.23. The molecule has 3 saturated heterocycles. The van der Waals surface area contributed by atoms with E-state index in [9.17, 15) is 23.1 Å². The molecule has 0 spiro atoms. The fourth-order valence-electron chi connectivity index (χ4n) is 4.73. The molecule has 0 aliphatic carbocycles. The number of hydrogen-bond donors (Lipinski definition) is 2. The Bertz CT molecular complexity index is 1380. The van der Waals surface area contributed by atoms with E-state index in [4.69, 9.17) is 9.15 Å². The lowest BCUT2D eigenvalue weighted by Gasteiger charge is -2.54. The van der Waals surface area contributed by atoms with Crippen LogP contribution in [0.5, 0.6) is 0 Å². The summed E-state index contributed by atoms with van der Waals surface area (Å²) in [7, 11) is 0. The first kappa shape index (κ1) is 22.7. The highest BCUT2D eigenvalue weighted by Crippen LogP contribution is 2.44. The van der Waals surface area contributed by atoms with Crippen molar-refractivity contribution < 1.29 is 32.2 Å². The average molecular weight is 522 g/mol. The number of ether oxygens (including phenoxy) is 1. The van der Waals surface area contributed by atoms with E-state index in [1.807, 2.05) is 0 Å². The Kier molecular flexibility index (Phi) is 5.29. The molecule has 0 radical (unpaired) electrons. The molecule has 188 valence electrons. The number of nitrogens with one attached hydrogen (secondary N) is 1. The number of carboxylic acid groups (broad SMARTS) is 1. The van der Waals surface area contributed by atoms with E-state index >= 15 is 0 Å². The average Bonchev–Trinajstić information content (AvgIpc) is 3.59. The summed E-state index contributed by atoms with van der Waals surface area (Å²) in [6.07, 6.45) is -5.78. The Morgan fingerprint density at radius 1 is 1.33 bits per heavy atom. The van der Waals surface area contributed by atoms with Gasteiger partial charge in [-0.25, -0.2) is 14.9 Å². The van der Waals surface area contributed by atoms with Crippen LogP contribution in [0.15, 0.2) is 28.1 Å². The topological polar surface area (TPSA) is 146 Å². The number of hydrogen-bond acceptors (Lipinski definition) is 10. The second kappa shape index (κ2) is 8.41. The standard InChI is InChI=1S/C20H17F3N8O4S/c21-20(22,23)16(34-8-13-26-28-29-27-13)11-1-2-12(17-24-3-4-36-17)15-14(11)25-18(35-15)30-6-9-5-10(7-30)31(9)19(32)33/h1-4,9-10,16H,5-8H2,(H,32,33)(H,26,27,28,29). The van der Waals surface area contributed by atoms with Crippen molar-refractivity contribution in [1.82, 2.24) is 35.5 Å². The van der Waals surface area contributed by atoms with E-state index in [1.165, 1.54) is 28.4 Å². The van der Waals surface area contributed by atoms with Gasteiger partial charge in [0.2, 0.25) is 0 Å². The Morgan fingerprint density at radius 2 is 2.14 bits per heavy atom. The third kappa shape index (κ3) is 3.81. The number of H-pyrrole nitrogens is 1. The summed E-state index contributed by atoms with van der Waals surface area (Å²) in [5.74, 6) is 0.0382. The minimum atomic E-state index is -4.77. The van der Waals surface area contributed by atoms with Crippen LogP contribution in [0.1, 0.15) is 23.9 Å². The zero-order chi connectivity index (χ0) is 25.0. The zero-order valence-electron chi connectivity index (χ0n) is 18.2. The number of piperazine rings is 1. The van der Waals surface area contributed by atoms with Gasteiger partial charge in [0, 0.05) is 30.2 Å². The number of alkyl halides is 3. The van der Waals surface area contributed by atoms with Gasteiger partial charge in [0.1, 0.15) is 17.1 Å². The maximum atomic E-state index is 14.1. The first-order valence-corrected chi connectivity index (χ1v) is 11.7. The molecule has 3 aromatic heterocycles. The number of tetrazole rings is 1. The summed E-state index contributed by atoms with van der Waals surface area (Å²) in [6.45, 7) is 0.155. The van der Waals surface area contributed by atoms with Crippen molar-refractivity contribution in [2.45, 2.75) is 37.4 Å². The van der Waals surface area contributed by atoms with Gasteiger partial charge in [0.15, 0.2) is 17.5 Å². The van der Waals surface area contributed by atoms with Gasteiger partial charge >= 0.3 is 12.3 Å². The quantitative estimate of drug-likeness (QED) is 0.387. The smallest absolute Gasteiger partial charge is 0.418 e. The third-order valence-electron chi connectivity index (χ3n) is 6.27. The fraction of sp³-hybridized carbons (Fsp3) is 0.400. The first-order chi connectivity index (χ1) is 17.3. The van der Waals surface area contributed by atoms with Crippen molar-refractivity contribution in [3.05, 3.63) is 35.1 Å². The van der Waals surface area contributed by atoms with E-state index in [-0.39, 0.29) is 40.6 Å². The summed E-state index contributed by atoms with van der Waals surface area (Å²) >= 11 is 1.31. The molecule has 16 heteroatoms. The van der Waals surface area contributed by atoms with Crippen LogP contribution in [0.4, 0.5) is 24.0 Å². The van der Waals surface area contributed by atoms with Crippen molar-refractivity contribution in [2.75, 3.05) is 18.0 Å². The molecule has 3 aliphatic heterocycles. The number of benzene rings is 1. The summed E-state index contributed by atoms with van der Waals surface area (Å²) in [5, 5.41) is 24.3. The molecule has 1 aromatic carbocycles. The Balaban J connectivity index is 1.40. The monoisotopic (exact) mass is 522 g/mol. The van der Waals surface area contributed by atoms with E-state index < -0.39 is 25.0 Å². The van der Waals surface area contributed by atoms with Gasteiger partial charge in [-0.3, -0.25) is 4.90 Å². The van der Waals surface area contributed by atoms with Gasteiger partial charge in [-0.15, -0.1) is 16.4 Å². The molecule has 7 rings (SSSR count). The number of carbonyl (C=O) groups is 1. The van der Waals surface area contributed by atoms with Crippen LogP contribution in [-0.4, -0.2) is 78.0 Å². The number of anilines is 1. The lowest BCUT2D eigenvalue weighted by Crippen LogP contribution is -2.70. The van der Waals surface area contributed by atoms with Crippen LogP contribution in [0.3, 0.4) is 0 Å². The number of oxazole rings is 1. The number of aromatic amines is 1. The van der Waals surface area contributed by atoms with Crippen LogP contribution in [0, 0.1) is 0 Å². The second-order valence-electron chi connectivity index (χ2n) is 8.43. The molecule has 4 aromatic rings. The van der Waals surface area contributed by atoms with Gasteiger partial charge < -0.3 is 19.2 Å². The minimum Gasteiger partial charge on any atom is -0.465 e. The summed E-state index contributed by atoms with van der Waals surface area (Å²) in [5.41, 5.74) is 0.405. The highest BCUT2D eigenvalue weighted by molar-refractivity contribution is 7.13.